The minimum absolute atomic E-state index is 0.0874. The van der Waals surface area contributed by atoms with E-state index >= 15 is 0 Å². The summed E-state index contributed by atoms with van der Waals surface area (Å²) >= 11 is 0. The third-order valence-electron chi connectivity index (χ3n) is 2.81. The van der Waals surface area contributed by atoms with Gasteiger partial charge in [-0.3, -0.25) is 14.9 Å². The number of benzene rings is 1. The van der Waals surface area contributed by atoms with E-state index < -0.39 is 16.8 Å². The van der Waals surface area contributed by atoms with Gasteiger partial charge in [0.15, 0.2) is 0 Å². The van der Waals surface area contributed by atoms with Gasteiger partial charge in [-0.05, 0) is 24.9 Å². The average Bonchev–Trinajstić information content (AvgIpc) is 2.45. The molecule has 114 valence electrons. The quantitative estimate of drug-likeness (QED) is 0.309. The number of nitrogens with two attached hydrogens (primary N) is 1. The van der Waals surface area contributed by atoms with Crippen molar-refractivity contribution in [3.8, 4) is 0 Å². The van der Waals surface area contributed by atoms with E-state index in [1.165, 1.54) is 19.2 Å². The molecule has 1 aromatic carbocycles. The van der Waals surface area contributed by atoms with Crippen molar-refractivity contribution in [2.75, 3.05) is 20.2 Å². The monoisotopic (exact) mass is 295 g/mol. The molecule has 0 heterocycles. The number of carbonyl (C=O) groups is 2. The highest BCUT2D eigenvalue weighted by Gasteiger charge is 2.16. The lowest BCUT2D eigenvalue weighted by Gasteiger charge is -2.08. The predicted octanol–water partition coefficient (Wildman–Crippen LogP) is 0.389. The van der Waals surface area contributed by atoms with Gasteiger partial charge in [-0.25, -0.2) is 4.79 Å². The predicted molar refractivity (Wildman–Crippen MR) is 74.8 cm³/mol. The van der Waals surface area contributed by atoms with E-state index in [0.29, 0.717) is 24.9 Å². The molecule has 0 spiro atoms. The second-order valence-electron chi connectivity index (χ2n) is 4.34. The number of nitro benzene ring substituents is 1. The van der Waals surface area contributed by atoms with Gasteiger partial charge in [0.2, 0.25) is 5.91 Å². The number of esters is 1. The summed E-state index contributed by atoms with van der Waals surface area (Å²) in [6, 6.07) is 4.09. The molecule has 8 nitrogen and oxygen atoms in total. The van der Waals surface area contributed by atoms with E-state index in [-0.39, 0.29) is 17.8 Å². The molecule has 0 bridgehead atoms. The Morgan fingerprint density at radius 3 is 2.71 bits per heavy atom. The normalized spacial score (nSPS) is 10.1. The molecule has 0 radical (unpaired) electrons. The molecule has 0 atom stereocenters. The molecule has 1 amide bonds. The second-order valence-corrected chi connectivity index (χ2v) is 4.34. The number of rotatable bonds is 8. The topological polar surface area (TPSA) is 125 Å². The van der Waals surface area contributed by atoms with E-state index in [4.69, 9.17) is 5.73 Å². The summed E-state index contributed by atoms with van der Waals surface area (Å²) in [5, 5.41) is 13.6. The first-order valence-corrected chi connectivity index (χ1v) is 6.30. The molecule has 0 aliphatic rings. The van der Waals surface area contributed by atoms with Crippen LogP contribution in [-0.2, 0) is 16.0 Å². The van der Waals surface area contributed by atoms with E-state index in [1.54, 1.807) is 6.07 Å². The number of aryl methyl sites for hydroxylation is 1. The van der Waals surface area contributed by atoms with Crippen LogP contribution in [0.3, 0.4) is 0 Å². The molecule has 0 aliphatic carbocycles. The van der Waals surface area contributed by atoms with Gasteiger partial charge < -0.3 is 15.8 Å². The van der Waals surface area contributed by atoms with Crippen molar-refractivity contribution >= 4 is 17.6 Å². The van der Waals surface area contributed by atoms with Gasteiger partial charge in [0, 0.05) is 12.1 Å². The molecule has 3 N–H and O–H groups in total. The van der Waals surface area contributed by atoms with Crippen LogP contribution >= 0.6 is 0 Å². The number of ether oxygens (including phenoxy) is 1. The third-order valence-corrected chi connectivity index (χ3v) is 2.81. The third kappa shape index (κ3) is 5.19. The highest BCUT2D eigenvalue weighted by atomic mass is 16.6. The summed E-state index contributed by atoms with van der Waals surface area (Å²) in [7, 11) is 1.22. The zero-order valence-corrected chi connectivity index (χ0v) is 11.6. The SMILES string of the molecule is COC(=O)c1cc([N+](=O)[O-])ccc1CCCNCC(N)=O. The Kier molecular flexibility index (Phi) is 6.28. The summed E-state index contributed by atoms with van der Waals surface area (Å²) in [5.41, 5.74) is 5.67. The zero-order chi connectivity index (χ0) is 15.8. The van der Waals surface area contributed by atoms with E-state index in [0.717, 1.165) is 0 Å². The average molecular weight is 295 g/mol. The zero-order valence-electron chi connectivity index (χ0n) is 11.6. The number of hydrogen-bond donors (Lipinski definition) is 2. The van der Waals surface area contributed by atoms with Gasteiger partial charge in [-0.2, -0.15) is 0 Å². The van der Waals surface area contributed by atoms with Crippen LogP contribution in [0.1, 0.15) is 22.3 Å². The van der Waals surface area contributed by atoms with Crippen molar-refractivity contribution in [1.82, 2.24) is 5.32 Å². The number of non-ortho nitro benzene ring substituents is 1. The molecule has 21 heavy (non-hydrogen) atoms. The maximum atomic E-state index is 11.7. The first-order valence-electron chi connectivity index (χ1n) is 6.30. The lowest BCUT2D eigenvalue weighted by Crippen LogP contribution is -2.29. The van der Waals surface area contributed by atoms with Gasteiger partial charge in [-0.15, -0.1) is 0 Å². The Balaban J connectivity index is 2.74. The molecule has 8 heteroatoms. The summed E-state index contributed by atoms with van der Waals surface area (Å²) < 4.78 is 4.63. The van der Waals surface area contributed by atoms with E-state index in [9.17, 15) is 19.7 Å². The van der Waals surface area contributed by atoms with Crippen LogP contribution in [0.2, 0.25) is 0 Å². The number of carbonyl (C=O) groups excluding carboxylic acids is 2. The number of nitrogens with one attached hydrogen (secondary N) is 1. The Morgan fingerprint density at radius 1 is 1.43 bits per heavy atom. The van der Waals surface area contributed by atoms with Crippen molar-refractivity contribution < 1.29 is 19.2 Å². The highest BCUT2D eigenvalue weighted by molar-refractivity contribution is 5.91. The largest absolute Gasteiger partial charge is 0.465 e. The summed E-state index contributed by atoms with van der Waals surface area (Å²) in [5.74, 6) is -1.06. The Morgan fingerprint density at radius 2 is 2.14 bits per heavy atom. The number of amides is 1. The van der Waals surface area contributed by atoms with Crippen LogP contribution in [0.4, 0.5) is 5.69 Å². The number of methoxy groups -OCH3 is 1. The van der Waals surface area contributed by atoms with Crippen molar-refractivity contribution in [1.29, 1.82) is 0 Å². The summed E-state index contributed by atoms with van der Waals surface area (Å²) in [6.45, 7) is 0.630. The van der Waals surface area contributed by atoms with Crippen molar-refractivity contribution in [3.05, 3.63) is 39.4 Å². The van der Waals surface area contributed by atoms with Crippen molar-refractivity contribution in [2.24, 2.45) is 5.73 Å². The lowest BCUT2D eigenvalue weighted by molar-refractivity contribution is -0.384. The molecule has 0 aliphatic heterocycles. The van der Waals surface area contributed by atoms with Crippen LogP contribution < -0.4 is 11.1 Å². The van der Waals surface area contributed by atoms with E-state index in [2.05, 4.69) is 10.1 Å². The fourth-order valence-corrected chi connectivity index (χ4v) is 1.81. The molecule has 1 aromatic rings. The Bertz CT molecular complexity index is 545. The lowest BCUT2D eigenvalue weighted by atomic mass is 10.0. The number of hydrogen-bond acceptors (Lipinski definition) is 6. The molecule has 1 rings (SSSR count). The number of primary amides is 1. The van der Waals surface area contributed by atoms with Crippen molar-refractivity contribution in [3.63, 3.8) is 0 Å². The van der Waals surface area contributed by atoms with Crippen LogP contribution in [0, 0.1) is 10.1 Å². The van der Waals surface area contributed by atoms with Crippen LogP contribution in [0.15, 0.2) is 18.2 Å². The molecular formula is C13H17N3O5. The minimum Gasteiger partial charge on any atom is -0.465 e. The van der Waals surface area contributed by atoms with Crippen LogP contribution in [-0.4, -0.2) is 37.0 Å². The minimum atomic E-state index is -0.612. The smallest absolute Gasteiger partial charge is 0.338 e. The Labute approximate surface area is 121 Å². The maximum absolute atomic E-state index is 11.7. The first kappa shape index (κ1) is 16.6. The molecule has 0 unspecified atom stereocenters. The molecule has 0 saturated carbocycles. The molecular weight excluding hydrogens is 278 g/mol. The molecule has 0 fully saturated rings. The van der Waals surface area contributed by atoms with Gasteiger partial charge in [0.1, 0.15) is 0 Å². The molecule has 0 aromatic heterocycles. The van der Waals surface area contributed by atoms with Gasteiger partial charge in [0.05, 0.1) is 24.1 Å². The van der Waals surface area contributed by atoms with E-state index in [1.807, 2.05) is 0 Å². The number of nitro groups is 1. The van der Waals surface area contributed by atoms with Crippen LogP contribution in [0.5, 0.6) is 0 Å². The first-order chi connectivity index (χ1) is 9.95. The fourth-order valence-electron chi connectivity index (χ4n) is 1.81. The standard InChI is InChI=1S/C13H17N3O5/c1-21-13(18)11-7-10(16(19)20)5-4-9(11)3-2-6-15-8-12(14)17/h4-5,7,15H,2-3,6,8H2,1H3,(H2,14,17). The summed E-state index contributed by atoms with van der Waals surface area (Å²) in [6.07, 6.45) is 1.17. The highest BCUT2D eigenvalue weighted by Crippen LogP contribution is 2.20. The summed E-state index contributed by atoms with van der Waals surface area (Å²) in [4.78, 5) is 32.4. The number of nitrogens with zero attached hydrogens (tertiary/aromatic N) is 1. The fraction of sp³-hybridized carbons (Fsp3) is 0.385. The Hall–Kier alpha value is -2.48. The second kappa shape index (κ2) is 7.95. The maximum Gasteiger partial charge on any atom is 0.338 e. The van der Waals surface area contributed by atoms with Crippen molar-refractivity contribution in [2.45, 2.75) is 12.8 Å². The van der Waals surface area contributed by atoms with Gasteiger partial charge in [-0.1, -0.05) is 6.07 Å². The van der Waals surface area contributed by atoms with Gasteiger partial charge >= 0.3 is 5.97 Å². The van der Waals surface area contributed by atoms with Gasteiger partial charge in [0.25, 0.3) is 5.69 Å². The molecule has 0 saturated heterocycles. The van der Waals surface area contributed by atoms with Crippen LogP contribution in [0.25, 0.3) is 0 Å².